The van der Waals surface area contributed by atoms with E-state index in [0.717, 1.165) is 6.26 Å². The summed E-state index contributed by atoms with van der Waals surface area (Å²) < 4.78 is 15.1. The first-order chi connectivity index (χ1) is 9.63. The average Bonchev–Trinajstić information content (AvgIpc) is 2.89. The first-order valence-electron chi connectivity index (χ1n) is 5.74. The van der Waals surface area contributed by atoms with E-state index in [1.807, 2.05) is 6.07 Å². The van der Waals surface area contributed by atoms with Crippen LogP contribution in [0.25, 0.3) is 0 Å². The van der Waals surface area contributed by atoms with Crippen LogP contribution in [0, 0.1) is 11.3 Å². The van der Waals surface area contributed by atoms with E-state index in [4.69, 9.17) is 24.9 Å². The molecule has 1 aromatic heterocycles. The Balaban J connectivity index is 2.19. The number of esters is 1. The highest BCUT2D eigenvalue weighted by atomic mass is 16.6. The molecule has 0 saturated heterocycles. The maximum atomic E-state index is 11.4. The van der Waals surface area contributed by atoms with E-state index < -0.39 is 5.97 Å². The molecule has 2 N–H and O–H groups in total. The van der Waals surface area contributed by atoms with Crippen molar-refractivity contribution in [1.82, 2.24) is 4.98 Å². The number of nitriles is 1. The maximum absolute atomic E-state index is 11.4. The van der Waals surface area contributed by atoms with Crippen molar-refractivity contribution in [3.8, 4) is 17.9 Å². The fourth-order valence-corrected chi connectivity index (χ4v) is 1.42. The van der Waals surface area contributed by atoms with Crippen molar-refractivity contribution >= 4 is 11.7 Å². The summed E-state index contributed by atoms with van der Waals surface area (Å²) in [5.41, 5.74) is 6.24. The van der Waals surface area contributed by atoms with E-state index in [1.165, 1.54) is 12.1 Å². The van der Waals surface area contributed by atoms with Crippen LogP contribution < -0.4 is 10.5 Å². The van der Waals surface area contributed by atoms with Crippen molar-refractivity contribution in [2.45, 2.75) is 6.92 Å². The molecular weight excluding hydrogens is 262 g/mol. The van der Waals surface area contributed by atoms with E-state index in [2.05, 4.69) is 4.98 Å². The number of hydrogen-bond acceptors (Lipinski definition) is 7. The smallest absolute Gasteiger partial charge is 0.399 e. The van der Waals surface area contributed by atoms with Crippen LogP contribution in [-0.4, -0.2) is 17.6 Å². The van der Waals surface area contributed by atoms with Gasteiger partial charge in [0.25, 0.3) is 0 Å². The highest BCUT2D eigenvalue weighted by Crippen LogP contribution is 2.26. The molecule has 0 radical (unpaired) electrons. The van der Waals surface area contributed by atoms with Crippen LogP contribution in [0.2, 0.25) is 0 Å². The Morgan fingerprint density at radius 1 is 1.55 bits per heavy atom. The second kappa shape index (κ2) is 5.75. The first-order valence-corrected chi connectivity index (χ1v) is 5.74. The lowest BCUT2D eigenvalue weighted by molar-refractivity contribution is 0.0519. The number of rotatable bonds is 4. The van der Waals surface area contributed by atoms with Gasteiger partial charge in [-0.25, -0.2) is 4.79 Å². The van der Waals surface area contributed by atoms with Gasteiger partial charge in [0.05, 0.1) is 12.2 Å². The summed E-state index contributed by atoms with van der Waals surface area (Å²) in [6, 6.07) is 6.49. The third-order valence-electron chi connectivity index (χ3n) is 2.29. The molecule has 0 bridgehead atoms. The summed E-state index contributed by atoms with van der Waals surface area (Å²) in [4.78, 5) is 15.2. The zero-order valence-electron chi connectivity index (χ0n) is 10.6. The zero-order chi connectivity index (χ0) is 14.5. The molecule has 0 saturated carbocycles. The molecule has 1 heterocycles. The molecule has 1 aromatic carbocycles. The summed E-state index contributed by atoms with van der Waals surface area (Å²) >= 11 is 0. The van der Waals surface area contributed by atoms with E-state index in [9.17, 15) is 4.79 Å². The fourth-order valence-electron chi connectivity index (χ4n) is 1.42. The maximum Gasteiger partial charge on any atom is 0.399 e. The number of nitrogens with two attached hydrogens (primary N) is 1. The first kappa shape index (κ1) is 13.4. The Hall–Kier alpha value is -3.01. The van der Waals surface area contributed by atoms with Crippen LogP contribution in [0.3, 0.4) is 0 Å². The van der Waals surface area contributed by atoms with Crippen molar-refractivity contribution in [2.24, 2.45) is 0 Å². The number of anilines is 1. The second-order valence-corrected chi connectivity index (χ2v) is 3.69. The summed E-state index contributed by atoms with van der Waals surface area (Å²) in [7, 11) is 0. The number of oxazole rings is 1. The van der Waals surface area contributed by atoms with E-state index in [0.29, 0.717) is 5.69 Å². The van der Waals surface area contributed by atoms with Crippen LogP contribution in [0.4, 0.5) is 5.69 Å². The molecule has 7 heteroatoms. The van der Waals surface area contributed by atoms with Gasteiger partial charge in [-0.05, 0) is 25.1 Å². The number of benzene rings is 1. The van der Waals surface area contributed by atoms with Gasteiger partial charge in [-0.2, -0.15) is 10.2 Å². The van der Waals surface area contributed by atoms with Gasteiger partial charge in [0, 0.05) is 5.69 Å². The summed E-state index contributed by atoms with van der Waals surface area (Å²) in [5.74, 6) is -0.372. The van der Waals surface area contributed by atoms with Gasteiger partial charge in [0.1, 0.15) is 12.3 Å². The molecule has 0 aliphatic heterocycles. The number of ether oxygens (including phenoxy) is 2. The van der Waals surface area contributed by atoms with Crippen LogP contribution in [0.1, 0.15) is 23.0 Å². The Morgan fingerprint density at radius 2 is 2.35 bits per heavy atom. The average molecular weight is 273 g/mol. The normalized spacial score (nSPS) is 9.80. The van der Waals surface area contributed by atoms with Gasteiger partial charge in [0.15, 0.2) is 11.4 Å². The van der Waals surface area contributed by atoms with Crippen LogP contribution in [0.15, 0.2) is 28.9 Å². The zero-order valence-corrected chi connectivity index (χ0v) is 10.6. The van der Waals surface area contributed by atoms with E-state index in [1.54, 1.807) is 13.0 Å². The third-order valence-corrected chi connectivity index (χ3v) is 2.29. The lowest BCUT2D eigenvalue weighted by Crippen LogP contribution is -2.04. The highest BCUT2D eigenvalue weighted by molar-refractivity contribution is 5.86. The van der Waals surface area contributed by atoms with Crippen LogP contribution >= 0.6 is 0 Å². The number of hydrogen-bond donors (Lipinski definition) is 1. The monoisotopic (exact) mass is 273 g/mol. The Kier molecular flexibility index (Phi) is 3.86. The van der Waals surface area contributed by atoms with E-state index >= 15 is 0 Å². The molecule has 2 aromatic rings. The fraction of sp³-hybridized carbons (Fsp3) is 0.154. The largest absolute Gasteiger partial charge is 0.461 e. The van der Waals surface area contributed by atoms with Crippen molar-refractivity contribution in [2.75, 3.05) is 12.3 Å². The van der Waals surface area contributed by atoms with Crippen LogP contribution in [0.5, 0.6) is 11.8 Å². The molecular formula is C13H11N3O4. The second-order valence-electron chi connectivity index (χ2n) is 3.69. The molecule has 2 rings (SSSR count). The van der Waals surface area contributed by atoms with Gasteiger partial charge < -0.3 is 19.6 Å². The minimum atomic E-state index is -0.607. The topological polar surface area (TPSA) is 111 Å². The van der Waals surface area contributed by atoms with Gasteiger partial charge >= 0.3 is 12.0 Å². The minimum Gasteiger partial charge on any atom is -0.461 e. The molecule has 0 aliphatic carbocycles. The molecule has 0 unspecified atom stereocenters. The Bertz CT molecular complexity index is 672. The predicted octanol–water partition coefficient (Wildman–Crippen LogP) is 2.10. The van der Waals surface area contributed by atoms with Gasteiger partial charge in [-0.3, -0.25) is 0 Å². The number of carbonyl (C=O) groups is 1. The molecule has 20 heavy (non-hydrogen) atoms. The molecule has 0 atom stereocenters. The van der Waals surface area contributed by atoms with Crippen molar-refractivity contribution in [1.29, 1.82) is 5.26 Å². The Morgan fingerprint density at radius 3 is 3.05 bits per heavy atom. The van der Waals surface area contributed by atoms with Crippen LogP contribution in [-0.2, 0) is 4.74 Å². The highest BCUT2D eigenvalue weighted by Gasteiger charge is 2.15. The van der Waals surface area contributed by atoms with Crippen molar-refractivity contribution < 1.29 is 18.7 Å². The molecule has 0 fully saturated rings. The Labute approximate surface area is 114 Å². The number of nitrogen functional groups attached to an aromatic ring is 1. The summed E-state index contributed by atoms with van der Waals surface area (Å²) in [6.45, 7) is 1.92. The standard InChI is InChI=1S/C13H11N3O4/c1-2-18-12(17)10-7-19-13(16-10)20-11-4-3-9(15)5-8(11)6-14/h3-5,7H,2,15H2,1H3. The number of carbonyl (C=O) groups excluding carboxylic acids is 1. The molecule has 0 aliphatic rings. The van der Waals surface area contributed by atoms with Gasteiger partial charge in [-0.15, -0.1) is 0 Å². The van der Waals surface area contributed by atoms with Crippen molar-refractivity contribution in [3.63, 3.8) is 0 Å². The van der Waals surface area contributed by atoms with E-state index in [-0.39, 0.29) is 29.7 Å². The molecule has 0 spiro atoms. The van der Waals surface area contributed by atoms with Gasteiger partial charge in [-0.1, -0.05) is 0 Å². The SMILES string of the molecule is CCOC(=O)c1coc(Oc2ccc(N)cc2C#N)n1. The molecule has 102 valence electrons. The van der Waals surface area contributed by atoms with Crippen molar-refractivity contribution in [3.05, 3.63) is 35.7 Å². The number of nitrogens with zero attached hydrogens (tertiary/aromatic N) is 2. The predicted molar refractivity (Wildman–Crippen MR) is 68.1 cm³/mol. The third kappa shape index (κ3) is 2.87. The minimum absolute atomic E-state index is 0.00389. The molecule has 7 nitrogen and oxygen atoms in total. The lowest BCUT2D eigenvalue weighted by Gasteiger charge is -2.03. The quantitative estimate of drug-likeness (QED) is 0.670. The van der Waals surface area contributed by atoms with Gasteiger partial charge in [0.2, 0.25) is 0 Å². The lowest BCUT2D eigenvalue weighted by atomic mass is 10.2. The summed E-state index contributed by atoms with van der Waals surface area (Å²) in [5, 5.41) is 8.97. The molecule has 0 amide bonds. The summed E-state index contributed by atoms with van der Waals surface area (Å²) in [6.07, 6.45) is 0.964. The number of aromatic nitrogens is 1.